The van der Waals surface area contributed by atoms with Gasteiger partial charge in [0, 0.05) is 24.2 Å². The van der Waals surface area contributed by atoms with Crippen LogP contribution in [0.25, 0.3) is 11.4 Å². The van der Waals surface area contributed by atoms with Crippen molar-refractivity contribution in [1.82, 2.24) is 14.8 Å². The second-order valence-electron chi connectivity index (χ2n) is 7.82. The van der Waals surface area contributed by atoms with Gasteiger partial charge in [-0.25, -0.2) is 0 Å². The largest absolute Gasteiger partial charge is 0.325 e. The van der Waals surface area contributed by atoms with Crippen LogP contribution >= 0.6 is 12.4 Å². The molecule has 3 rings (SSSR count). The number of hydrogen-bond acceptors (Lipinski definition) is 4. The zero-order valence-electron chi connectivity index (χ0n) is 15.7. The summed E-state index contributed by atoms with van der Waals surface area (Å²) < 4.78 is 2.20. The lowest BCUT2D eigenvalue weighted by Crippen LogP contribution is -2.45. The van der Waals surface area contributed by atoms with Crippen molar-refractivity contribution in [3.63, 3.8) is 0 Å². The Hall–Kier alpha value is -1.92. The molecule has 2 heterocycles. The van der Waals surface area contributed by atoms with Gasteiger partial charge in [-0.1, -0.05) is 39.3 Å². The fourth-order valence-electron chi connectivity index (χ4n) is 3.05. The lowest BCUT2D eigenvalue weighted by molar-refractivity contribution is -0.119. The fraction of sp³-hybridized carbons (Fsp3) is 0.526. The van der Waals surface area contributed by atoms with Crippen LogP contribution in [0.5, 0.6) is 0 Å². The van der Waals surface area contributed by atoms with E-state index >= 15 is 0 Å². The first-order chi connectivity index (χ1) is 11.9. The normalized spacial score (nSPS) is 15.4. The van der Waals surface area contributed by atoms with Gasteiger partial charge in [0.25, 0.3) is 0 Å². The number of benzene rings is 1. The third-order valence-electron chi connectivity index (χ3n) is 4.71. The van der Waals surface area contributed by atoms with E-state index in [1.165, 1.54) is 12.8 Å². The summed E-state index contributed by atoms with van der Waals surface area (Å²) in [6, 6.07) is 7.17. The maximum absolute atomic E-state index is 12.4. The molecular weight excluding hydrogens is 350 g/mol. The van der Waals surface area contributed by atoms with E-state index in [1.54, 1.807) is 0 Å². The number of amides is 1. The third kappa shape index (κ3) is 4.43. The van der Waals surface area contributed by atoms with Crippen molar-refractivity contribution in [3.05, 3.63) is 30.1 Å². The predicted octanol–water partition coefficient (Wildman–Crippen LogP) is 3.41. The van der Waals surface area contributed by atoms with Crippen molar-refractivity contribution in [1.29, 1.82) is 0 Å². The lowest BCUT2D eigenvalue weighted by atomic mass is 9.87. The Bertz CT molecular complexity index is 766. The minimum Gasteiger partial charge on any atom is -0.325 e. The second kappa shape index (κ2) is 8.18. The summed E-state index contributed by atoms with van der Waals surface area (Å²) >= 11 is 0. The zero-order chi connectivity index (χ0) is 18.0. The fourth-order valence-corrected chi connectivity index (χ4v) is 3.05. The van der Waals surface area contributed by atoms with Gasteiger partial charge in [-0.2, -0.15) is 0 Å². The SMILES string of the molecule is CC(C)(C)[C@H](N)C(=O)Nc1cccc(-c2nnc3n2CCCCC3)c1.Cl. The number of carbonyl (C=O) groups is 1. The lowest BCUT2D eigenvalue weighted by Gasteiger charge is -2.25. The molecule has 1 aliphatic rings. The van der Waals surface area contributed by atoms with Crippen molar-refractivity contribution >= 4 is 24.0 Å². The highest BCUT2D eigenvalue weighted by molar-refractivity contribution is 5.95. The van der Waals surface area contributed by atoms with Gasteiger partial charge in [-0.05, 0) is 30.4 Å². The topological polar surface area (TPSA) is 85.8 Å². The van der Waals surface area contributed by atoms with Crippen molar-refractivity contribution in [2.75, 3.05) is 5.32 Å². The number of halogens is 1. The molecule has 0 spiro atoms. The van der Waals surface area contributed by atoms with Gasteiger partial charge in [0.05, 0.1) is 6.04 Å². The number of aromatic nitrogens is 3. The average Bonchev–Trinajstić information content (AvgIpc) is 2.82. The van der Waals surface area contributed by atoms with Gasteiger partial charge >= 0.3 is 0 Å². The Labute approximate surface area is 161 Å². The van der Waals surface area contributed by atoms with Crippen LogP contribution in [-0.4, -0.2) is 26.7 Å². The van der Waals surface area contributed by atoms with Crippen LogP contribution < -0.4 is 11.1 Å². The number of nitrogens with two attached hydrogens (primary N) is 1. The first-order valence-corrected chi connectivity index (χ1v) is 8.95. The minimum absolute atomic E-state index is 0. The average molecular weight is 378 g/mol. The number of carbonyl (C=O) groups excluding carboxylic acids is 1. The quantitative estimate of drug-likeness (QED) is 0.858. The van der Waals surface area contributed by atoms with E-state index in [-0.39, 0.29) is 23.7 Å². The summed E-state index contributed by atoms with van der Waals surface area (Å²) in [5.41, 5.74) is 7.45. The summed E-state index contributed by atoms with van der Waals surface area (Å²) in [6.07, 6.45) is 4.52. The van der Waals surface area contributed by atoms with Gasteiger partial charge in [-0.15, -0.1) is 22.6 Å². The Kier molecular flexibility index (Phi) is 6.42. The maximum Gasteiger partial charge on any atom is 0.241 e. The summed E-state index contributed by atoms with van der Waals surface area (Å²) in [7, 11) is 0. The number of nitrogens with one attached hydrogen (secondary N) is 1. The van der Waals surface area contributed by atoms with E-state index < -0.39 is 6.04 Å². The molecule has 0 saturated carbocycles. The first kappa shape index (κ1) is 20.4. The van der Waals surface area contributed by atoms with Crippen LogP contribution in [0.3, 0.4) is 0 Å². The van der Waals surface area contributed by atoms with E-state index in [1.807, 2.05) is 45.0 Å². The van der Waals surface area contributed by atoms with Crippen LogP contribution in [0.15, 0.2) is 24.3 Å². The number of nitrogens with zero attached hydrogens (tertiary/aromatic N) is 3. The number of rotatable bonds is 3. The Morgan fingerprint density at radius 1 is 1.23 bits per heavy atom. The van der Waals surface area contributed by atoms with Gasteiger partial charge in [0.2, 0.25) is 5.91 Å². The molecule has 0 bridgehead atoms. The second-order valence-corrected chi connectivity index (χ2v) is 7.82. The molecule has 3 N–H and O–H groups in total. The molecule has 0 unspecified atom stereocenters. The van der Waals surface area contributed by atoms with Crippen LogP contribution in [0.1, 0.15) is 45.9 Å². The molecule has 26 heavy (non-hydrogen) atoms. The van der Waals surface area contributed by atoms with Crippen LogP contribution in [0.2, 0.25) is 0 Å². The summed E-state index contributed by atoms with van der Waals surface area (Å²) in [6.45, 7) is 6.82. The summed E-state index contributed by atoms with van der Waals surface area (Å²) in [4.78, 5) is 12.4. The Morgan fingerprint density at radius 2 is 2.00 bits per heavy atom. The predicted molar refractivity (Wildman–Crippen MR) is 106 cm³/mol. The Balaban J connectivity index is 0.00000243. The molecule has 0 radical (unpaired) electrons. The summed E-state index contributed by atoms with van der Waals surface area (Å²) in [5, 5.41) is 11.7. The molecule has 1 aromatic heterocycles. The molecule has 7 heteroatoms. The molecular formula is C19H28ClN5O. The highest BCUT2D eigenvalue weighted by Gasteiger charge is 2.27. The van der Waals surface area contributed by atoms with Crippen LogP contribution in [0.4, 0.5) is 5.69 Å². The van der Waals surface area contributed by atoms with Gasteiger partial charge in [0.1, 0.15) is 5.82 Å². The third-order valence-corrected chi connectivity index (χ3v) is 4.71. The van der Waals surface area contributed by atoms with Crippen LogP contribution in [-0.2, 0) is 17.8 Å². The molecule has 0 fully saturated rings. The van der Waals surface area contributed by atoms with E-state index in [0.717, 1.165) is 42.3 Å². The van der Waals surface area contributed by atoms with E-state index in [0.29, 0.717) is 0 Å². The highest BCUT2D eigenvalue weighted by atomic mass is 35.5. The summed E-state index contributed by atoms with van der Waals surface area (Å²) in [5.74, 6) is 1.74. The molecule has 6 nitrogen and oxygen atoms in total. The van der Waals surface area contributed by atoms with Gasteiger partial charge in [0.15, 0.2) is 5.82 Å². The molecule has 0 aliphatic carbocycles. The van der Waals surface area contributed by atoms with Crippen molar-refractivity contribution in [2.24, 2.45) is 11.1 Å². The Morgan fingerprint density at radius 3 is 2.73 bits per heavy atom. The van der Waals surface area contributed by atoms with Crippen molar-refractivity contribution < 1.29 is 4.79 Å². The molecule has 1 amide bonds. The first-order valence-electron chi connectivity index (χ1n) is 8.95. The van der Waals surface area contributed by atoms with Gasteiger partial charge < -0.3 is 15.6 Å². The highest BCUT2D eigenvalue weighted by Crippen LogP contribution is 2.25. The van der Waals surface area contributed by atoms with Gasteiger partial charge in [-0.3, -0.25) is 4.79 Å². The number of anilines is 1. The van der Waals surface area contributed by atoms with Crippen LogP contribution in [0, 0.1) is 5.41 Å². The van der Waals surface area contributed by atoms with Crippen molar-refractivity contribution in [3.8, 4) is 11.4 Å². The molecule has 1 aromatic carbocycles. The molecule has 0 saturated heterocycles. The molecule has 2 aromatic rings. The minimum atomic E-state index is -0.569. The monoisotopic (exact) mass is 377 g/mol. The number of aryl methyl sites for hydroxylation is 1. The molecule has 142 valence electrons. The molecule has 1 aliphatic heterocycles. The maximum atomic E-state index is 12.4. The zero-order valence-corrected chi connectivity index (χ0v) is 16.5. The standard InChI is InChI=1S/C19H27N5O.ClH/c1-19(2,3)16(20)18(25)21-14-9-7-8-13(12-14)17-23-22-15-10-5-4-6-11-24(15)17;/h7-9,12,16H,4-6,10-11,20H2,1-3H3,(H,21,25);1H/t16-;/m1./s1. The molecule has 1 atom stereocenters. The number of hydrogen-bond donors (Lipinski definition) is 2. The smallest absolute Gasteiger partial charge is 0.241 e. The van der Waals surface area contributed by atoms with E-state index in [9.17, 15) is 4.79 Å². The number of fused-ring (bicyclic) bond motifs is 1. The van der Waals surface area contributed by atoms with E-state index in [2.05, 4.69) is 20.1 Å². The van der Waals surface area contributed by atoms with Crippen molar-refractivity contribution in [2.45, 2.75) is 59.0 Å². The van der Waals surface area contributed by atoms with E-state index in [4.69, 9.17) is 5.73 Å².